The molecule has 0 bridgehead atoms. The van der Waals surface area contributed by atoms with Crippen LogP contribution in [-0.4, -0.2) is 25.8 Å². The van der Waals surface area contributed by atoms with Gasteiger partial charge in [0.15, 0.2) is 0 Å². The third-order valence-electron chi connectivity index (χ3n) is 2.80. The van der Waals surface area contributed by atoms with E-state index < -0.39 is 0 Å². The molecule has 0 aromatic heterocycles. The van der Waals surface area contributed by atoms with Gasteiger partial charge in [-0.1, -0.05) is 6.92 Å². The molecule has 17 heavy (non-hydrogen) atoms. The van der Waals surface area contributed by atoms with Crippen molar-refractivity contribution in [2.24, 2.45) is 0 Å². The number of hydrogen-bond acceptors (Lipinski definition) is 3. The van der Waals surface area contributed by atoms with E-state index in [1.54, 1.807) is 0 Å². The van der Waals surface area contributed by atoms with E-state index >= 15 is 0 Å². The minimum Gasteiger partial charge on any atom is -0.494 e. The first-order valence-corrected chi connectivity index (χ1v) is 6.20. The average molecular weight is 237 g/mol. The Morgan fingerprint density at radius 1 is 1.12 bits per heavy atom. The third kappa shape index (κ3) is 4.27. The zero-order valence-corrected chi connectivity index (χ0v) is 11.2. The minimum atomic E-state index is -0.165. The lowest BCUT2D eigenvalue weighted by molar-refractivity contribution is 0.0857. The van der Waals surface area contributed by atoms with Gasteiger partial charge >= 0.3 is 0 Å². The second kappa shape index (κ2) is 6.50. The minimum absolute atomic E-state index is 0.165. The molecule has 3 nitrogen and oxygen atoms in total. The van der Waals surface area contributed by atoms with Crippen molar-refractivity contribution in [2.45, 2.75) is 32.8 Å². The van der Waals surface area contributed by atoms with Gasteiger partial charge in [-0.15, -0.1) is 0 Å². The molecule has 1 rings (SSSR count). The molecule has 0 fully saturated rings. The summed E-state index contributed by atoms with van der Waals surface area (Å²) in [5, 5.41) is 3.16. The Bertz CT molecular complexity index is 323. The Morgan fingerprint density at radius 3 is 2.18 bits per heavy atom. The van der Waals surface area contributed by atoms with Crippen molar-refractivity contribution >= 4 is 0 Å². The summed E-state index contributed by atoms with van der Waals surface area (Å²) in [5.41, 5.74) is -0.165. The molecular formula is C14H23NO2. The first-order valence-electron chi connectivity index (χ1n) is 6.20. The molecular weight excluding hydrogens is 214 g/mol. The summed E-state index contributed by atoms with van der Waals surface area (Å²) >= 11 is 0. The fourth-order valence-electron chi connectivity index (χ4n) is 1.66. The topological polar surface area (TPSA) is 30.5 Å². The lowest BCUT2D eigenvalue weighted by Gasteiger charge is -2.29. The second-order valence-electron chi connectivity index (χ2n) is 4.34. The second-order valence-corrected chi connectivity index (χ2v) is 4.34. The van der Waals surface area contributed by atoms with Crippen LogP contribution in [0.25, 0.3) is 0 Å². The van der Waals surface area contributed by atoms with Crippen LogP contribution >= 0.6 is 0 Å². The van der Waals surface area contributed by atoms with E-state index in [-0.39, 0.29) is 5.60 Å². The van der Waals surface area contributed by atoms with Gasteiger partial charge in [-0.2, -0.15) is 0 Å². The van der Waals surface area contributed by atoms with Crippen molar-refractivity contribution < 1.29 is 9.47 Å². The van der Waals surface area contributed by atoms with Crippen molar-refractivity contribution in [3.63, 3.8) is 0 Å². The van der Waals surface area contributed by atoms with Crippen LogP contribution in [0.1, 0.15) is 27.2 Å². The molecule has 0 spiro atoms. The van der Waals surface area contributed by atoms with E-state index in [0.717, 1.165) is 24.5 Å². The Kier molecular flexibility index (Phi) is 5.29. The number of nitrogens with one attached hydrogen (secondary N) is 1. The molecule has 0 amide bonds. The highest BCUT2D eigenvalue weighted by atomic mass is 16.5. The van der Waals surface area contributed by atoms with E-state index in [1.165, 1.54) is 0 Å². The standard InChI is InChI=1S/C14H23NO2/c1-5-14(3,11-15-4)17-13-9-7-12(8-10-13)16-6-2/h7-10,15H,5-6,11H2,1-4H3. The van der Waals surface area contributed by atoms with E-state index in [0.29, 0.717) is 6.61 Å². The zero-order valence-electron chi connectivity index (χ0n) is 11.2. The van der Waals surface area contributed by atoms with Crippen molar-refractivity contribution in [3.8, 4) is 11.5 Å². The monoisotopic (exact) mass is 237 g/mol. The Labute approximate surface area is 104 Å². The van der Waals surface area contributed by atoms with Crippen molar-refractivity contribution in [1.29, 1.82) is 0 Å². The fourth-order valence-corrected chi connectivity index (χ4v) is 1.66. The van der Waals surface area contributed by atoms with Gasteiger partial charge in [0.1, 0.15) is 17.1 Å². The van der Waals surface area contributed by atoms with Crippen molar-refractivity contribution in [3.05, 3.63) is 24.3 Å². The van der Waals surface area contributed by atoms with E-state index in [4.69, 9.17) is 9.47 Å². The van der Waals surface area contributed by atoms with Crippen LogP contribution < -0.4 is 14.8 Å². The molecule has 0 aliphatic rings. The molecule has 1 unspecified atom stereocenters. The maximum atomic E-state index is 6.01. The lowest BCUT2D eigenvalue weighted by Crippen LogP contribution is -2.41. The van der Waals surface area contributed by atoms with Gasteiger partial charge in [0.2, 0.25) is 0 Å². The highest BCUT2D eigenvalue weighted by Gasteiger charge is 2.22. The van der Waals surface area contributed by atoms with Crippen LogP contribution in [0.2, 0.25) is 0 Å². The summed E-state index contributed by atoms with van der Waals surface area (Å²) in [5.74, 6) is 1.76. The summed E-state index contributed by atoms with van der Waals surface area (Å²) in [4.78, 5) is 0. The van der Waals surface area contributed by atoms with Crippen molar-refractivity contribution in [2.75, 3.05) is 20.2 Å². The molecule has 0 heterocycles. The number of benzene rings is 1. The average Bonchev–Trinajstić information content (AvgIpc) is 2.32. The van der Waals surface area contributed by atoms with E-state index in [2.05, 4.69) is 19.2 Å². The third-order valence-corrected chi connectivity index (χ3v) is 2.80. The van der Waals surface area contributed by atoms with Gasteiger partial charge in [0, 0.05) is 6.54 Å². The number of likely N-dealkylation sites (N-methyl/N-ethyl adjacent to an activating group) is 1. The maximum absolute atomic E-state index is 6.01. The van der Waals surface area contributed by atoms with Crippen LogP contribution in [0.15, 0.2) is 24.3 Å². The van der Waals surface area contributed by atoms with E-state index in [9.17, 15) is 0 Å². The van der Waals surface area contributed by atoms with Gasteiger partial charge in [0.25, 0.3) is 0 Å². The van der Waals surface area contributed by atoms with Crippen LogP contribution in [-0.2, 0) is 0 Å². The van der Waals surface area contributed by atoms with Crippen molar-refractivity contribution in [1.82, 2.24) is 5.32 Å². The van der Waals surface area contributed by atoms with Crippen LogP contribution in [0, 0.1) is 0 Å². The predicted molar refractivity (Wildman–Crippen MR) is 70.9 cm³/mol. The maximum Gasteiger partial charge on any atom is 0.120 e. The Balaban J connectivity index is 2.67. The first-order chi connectivity index (χ1) is 8.13. The predicted octanol–water partition coefficient (Wildman–Crippen LogP) is 2.85. The van der Waals surface area contributed by atoms with Gasteiger partial charge in [-0.05, 0) is 51.6 Å². The van der Waals surface area contributed by atoms with Gasteiger partial charge in [0.05, 0.1) is 6.61 Å². The van der Waals surface area contributed by atoms with Crippen LogP contribution in [0.5, 0.6) is 11.5 Å². The molecule has 96 valence electrons. The number of rotatable bonds is 7. The summed E-state index contributed by atoms with van der Waals surface area (Å²) in [6, 6.07) is 7.78. The quantitative estimate of drug-likeness (QED) is 0.791. The van der Waals surface area contributed by atoms with Crippen LogP contribution in [0.4, 0.5) is 0 Å². The Morgan fingerprint density at radius 2 is 1.71 bits per heavy atom. The molecule has 1 aromatic carbocycles. The molecule has 1 atom stereocenters. The SMILES string of the molecule is CCOc1ccc(OC(C)(CC)CNC)cc1. The molecule has 0 saturated heterocycles. The van der Waals surface area contributed by atoms with E-state index in [1.807, 2.05) is 38.2 Å². The smallest absolute Gasteiger partial charge is 0.120 e. The summed E-state index contributed by atoms with van der Waals surface area (Å²) in [7, 11) is 1.94. The molecule has 0 radical (unpaired) electrons. The fraction of sp³-hybridized carbons (Fsp3) is 0.571. The summed E-state index contributed by atoms with van der Waals surface area (Å²) in [6.07, 6.45) is 0.959. The summed E-state index contributed by atoms with van der Waals surface area (Å²) in [6.45, 7) is 7.74. The molecule has 0 aliphatic carbocycles. The van der Waals surface area contributed by atoms with Crippen LogP contribution in [0.3, 0.4) is 0 Å². The lowest BCUT2D eigenvalue weighted by atomic mass is 10.0. The number of ether oxygens (including phenoxy) is 2. The Hall–Kier alpha value is -1.22. The molecule has 0 aliphatic heterocycles. The highest BCUT2D eigenvalue weighted by molar-refractivity contribution is 5.31. The normalized spacial score (nSPS) is 14.1. The van der Waals surface area contributed by atoms with Gasteiger partial charge in [-0.3, -0.25) is 0 Å². The zero-order chi connectivity index (χ0) is 12.7. The molecule has 3 heteroatoms. The van der Waals surface area contributed by atoms with Gasteiger partial charge in [-0.25, -0.2) is 0 Å². The number of hydrogen-bond donors (Lipinski definition) is 1. The largest absolute Gasteiger partial charge is 0.494 e. The molecule has 1 aromatic rings. The molecule has 0 saturated carbocycles. The van der Waals surface area contributed by atoms with Gasteiger partial charge < -0.3 is 14.8 Å². The molecule has 1 N–H and O–H groups in total. The first kappa shape index (κ1) is 13.8. The highest BCUT2D eigenvalue weighted by Crippen LogP contribution is 2.23. The summed E-state index contributed by atoms with van der Waals surface area (Å²) < 4.78 is 11.4.